The lowest BCUT2D eigenvalue weighted by Crippen LogP contribution is -2.27. The molecule has 0 radical (unpaired) electrons. The van der Waals surface area contributed by atoms with Gasteiger partial charge >= 0.3 is 6.09 Å². The predicted octanol–water partition coefficient (Wildman–Crippen LogP) is 5.66. The van der Waals surface area contributed by atoms with Gasteiger partial charge in [-0.05, 0) is 44.9 Å². The highest BCUT2D eigenvalue weighted by Crippen LogP contribution is 2.37. The number of nitrogens with zero attached hydrogens (tertiary/aromatic N) is 3. The lowest BCUT2D eigenvalue weighted by Gasteiger charge is -2.21. The topological polar surface area (TPSA) is 57.0 Å². The molecule has 0 spiro atoms. The highest BCUT2D eigenvalue weighted by Gasteiger charge is 2.27. The van der Waals surface area contributed by atoms with Crippen molar-refractivity contribution in [3.8, 4) is 11.3 Å². The van der Waals surface area contributed by atoms with Crippen LogP contribution in [-0.4, -0.2) is 25.0 Å². The largest absolute Gasteiger partial charge is 0.443 e. The van der Waals surface area contributed by atoms with Gasteiger partial charge in [0.15, 0.2) is 0 Å². The Morgan fingerprint density at radius 3 is 2.63 bits per heavy atom. The average molecular weight is 379 g/mol. The lowest BCUT2D eigenvalue weighted by molar-refractivity contribution is 0.0547. The van der Waals surface area contributed by atoms with Crippen LogP contribution >= 0.6 is 11.7 Å². The van der Waals surface area contributed by atoms with E-state index in [-0.39, 0.29) is 6.09 Å². The molecule has 2 aromatic heterocycles. The highest BCUT2D eigenvalue weighted by molar-refractivity contribution is 7.00. The Morgan fingerprint density at radius 2 is 1.89 bits per heavy atom. The van der Waals surface area contributed by atoms with Gasteiger partial charge in [-0.25, -0.2) is 9.36 Å². The third-order valence-corrected chi connectivity index (χ3v) is 4.99. The van der Waals surface area contributed by atoms with Gasteiger partial charge in [-0.3, -0.25) is 0 Å². The second-order valence-corrected chi connectivity index (χ2v) is 7.98. The number of fused-ring (bicyclic) bond motifs is 2. The van der Waals surface area contributed by atoms with Gasteiger partial charge in [-0.1, -0.05) is 37.3 Å². The molecule has 0 saturated heterocycles. The summed E-state index contributed by atoms with van der Waals surface area (Å²) in [6, 6.07) is 13.8. The molecule has 0 aliphatic heterocycles. The zero-order valence-corrected chi connectivity index (χ0v) is 16.6. The summed E-state index contributed by atoms with van der Waals surface area (Å²) in [7, 11) is 0. The Balaban J connectivity index is 2.08. The van der Waals surface area contributed by atoms with Gasteiger partial charge < -0.3 is 4.74 Å². The molecular formula is C21H21N3O2S. The second kappa shape index (κ2) is 6.46. The van der Waals surface area contributed by atoms with Crippen LogP contribution in [0.25, 0.3) is 33.2 Å². The summed E-state index contributed by atoms with van der Waals surface area (Å²) >= 11 is 1.18. The zero-order chi connectivity index (χ0) is 19.2. The number of carbonyl (C=O) groups is 1. The predicted molar refractivity (Wildman–Crippen MR) is 109 cm³/mol. The number of rotatable bonds is 2. The first-order valence-corrected chi connectivity index (χ1v) is 9.71. The maximum Gasteiger partial charge on any atom is 0.419 e. The van der Waals surface area contributed by atoms with Crippen LogP contribution in [0.3, 0.4) is 0 Å². The lowest BCUT2D eigenvalue weighted by atomic mass is 10.0. The standard InChI is InChI=1S/C21H21N3O2S/c1-5-13-14-9-6-7-12-17(14)24(20(25)26-21(2,3)4)19(13)15-10-8-11-16-18(15)23-27-22-16/h6-12H,5H2,1-4H3. The van der Waals surface area contributed by atoms with Crippen molar-refractivity contribution in [3.63, 3.8) is 0 Å². The normalized spacial score (nSPS) is 12.0. The molecule has 0 amide bonds. The monoisotopic (exact) mass is 379 g/mol. The van der Waals surface area contributed by atoms with Crippen molar-refractivity contribution in [2.45, 2.75) is 39.7 Å². The molecule has 2 aromatic carbocycles. The van der Waals surface area contributed by atoms with E-state index in [0.29, 0.717) is 0 Å². The molecule has 0 aliphatic carbocycles. The molecule has 0 atom stereocenters. The molecule has 5 nitrogen and oxygen atoms in total. The van der Waals surface area contributed by atoms with E-state index < -0.39 is 5.60 Å². The Morgan fingerprint density at radius 1 is 1.11 bits per heavy atom. The average Bonchev–Trinajstić information content (AvgIpc) is 3.22. The number of benzene rings is 2. The van der Waals surface area contributed by atoms with Crippen molar-refractivity contribution in [1.82, 2.24) is 13.3 Å². The van der Waals surface area contributed by atoms with Crippen LogP contribution in [0, 0.1) is 0 Å². The van der Waals surface area contributed by atoms with E-state index in [1.807, 2.05) is 57.2 Å². The summed E-state index contributed by atoms with van der Waals surface area (Å²) in [6.45, 7) is 7.73. The Hall–Kier alpha value is -2.73. The number of aromatic nitrogens is 3. The first-order valence-electron chi connectivity index (χ1n) is 8.98. The summed E-state index contributed by atoms with van der Waals surface area (Å²) in [5.41, 5.74) is 4.76. The molecule has 0 fully saturated rings. The van der Waals surface area contributed by atoms with E-state index >= 15 is 0 Å². The van der Waals surface area contributed by atoms with Crippen LogP contribution in [-0.2, 0) is 11.2 Å². The van der Waals surface area contributed by atoms with E-state index in [9.17, 15) is 4.79 Å². The van der Waals surface area contributed by atoms with Gasteiger partial charge in [0.2, 0.25) is 0 Å². The van der Waals surface area contributed by atoms with Gasteiger partial charge in [0.25, 0.3) is 0 Å². The van der Waals surface area contributed by atoms with E-state index in [1.54, 1.807) is 4.57 Å². The number of para-hydroxylation sites is 1. The number of carbonyl (C=O) groups excluding carboxylic acids is 1. The summed E-state index contributed by atoms with van der Waals surface area (Å²) in [5.74, 6) is 0. The number of hydrogen-bond donors (Lipinski definition) is 0. The van der Waals surface area contributed by atoms with Crippen molar-refractivity contribution < 1.29 is 9.53 Å². The smallest absolute Gasteiger partial charge is 0.419 e. The van der Waals surface area contributed by atoms with Crippen LogP contribution in [0.2, 0.25) is 0 Å². The summed E-state index contributed by atoms with van der Waals surface area (Å²) in [5, 5.41) is 1.06. The van der Waals surface area contributed by atoms with Crippen LogP contribution < -0.4 is 0 Å². The van der Waals surface area contributed by atoms with Crippen molar-refractivity contribution in [2.24, 2.45) is 0 Å². The highest BCUT2D eigenvalue weighted by atomic mass is 32.1. The fourth-order valence-electron chi connectivity index (χ4n) is 3.44. The summed E-state index contributed by atoms with van der Waals surface area (Å²) in [4.78, 5) is 13.2. The summed E-state index contributed by atoms with van der Waals surface area (Å²) in [6.07, 6.45) is 0.410. The van der Waals surface area contributed by atoms with E-state index in [1.165, 1.54) is 11.7 Å². The van der Waals surface area contributed by atoms with Crippen LogP contribution in [0.15, 0.2) is 42.5 Å². The van der Waals surface area contributed by atoms with Gasteiger partial charge in [-0.2, -0.15) is 8.75 Å². The third kappa shape index (κ3) is 3.00. The van der Waals surface area contributed by atoms with Gasteiger partial charge in [0, 0.05) is 10.9 Å². The van der Waals surface area contributed by atoms with Crippen molar-refractivity contribution in [2.75, 3.05) is 0 Å². The van der Waals surface area contributed by atoms with Crippen LogP contribution in [0.4, 0.5) is 4.79 Å². The van der Waals surface area contributed by atoms with Gasteiger partial charge in [0.1, 0.15) is 16.6 Å². The fraction of sp³-hybridized carbons (Fsp3) is 0.286. The first kappa shape index (κ1) is 17.7. The Labute approximate surface area is 161 Å². The minimum Gasteiger partial charge on any atom is -0.443 e. The SMILES string of the molecule is CCc1c(-c2cccc3nsnc23)n(C(=O)OC(C)(C)C)c2ccccc12. The van der Waals surface area contributed by atoms with E-state index in [4.69, 9.17) is 4.74 Å². The minimum absolute atomic E-state index is 0.381. The molecule has 138 valence electrons. The molecule has 0 saturated carbocycles. The maximum absolute atomic E-state index is 13.2. The fourth-order valence-corrected chi connectivity index (χ4v) is 3.99. The second-order valence-electron chi connectivity index (χ2n) is 7.45. The minimum atomic E-state index is -0.583. The molecule has 4 rings (SSSR count). The van der Waals surface area contributed by atoms with Crippen LogP contribution in [0.5, 0.6) is 0 Å². The third-order valence-electron chi connectivity index (χ3n) is 4.45. The molecule has 27 heavy (non-hydrogen) atoms. The molecule has 0 bridgehead atoms. The van der Waals surface area contributed by atoms with Gasteiger partial charge in [-0.15, -0.1) is 0 Å². The van der Waals surface area contributed by atoms with E-state index in [0.717, 1.165) is 45.2 Å². The maximum atomic E-state index is 13.2. The molecule has 2 heterocycles. The van der Waals surface area contributed by atoms with Crippen molar-refractivity contribution >= 4 is 39.8 Å². The Bertz CT molecular complexity index is 1150. The number of ether oxygens (including phenoxy) is 1. The number of aryl methyl sites for hydroxylation is 1. The van der Waals surface area contributed by atoms with Gasteiger partial charge in [0.05, 0.1) is 22.9 Å². The number of hydrogen-bond acceptors (Lipinski definition) is 5. The molecule has 6 heteroatoms. The molecule has 4 aromatic rings. The van der Waals surface area contributed by atoms with Crippen LogP contribution in [0.1, 0.15) is 33.3 Å². The van der Waals surface area contributed by atoms with Crippen molar-refractivity contribution in [3.05, 3.63) is 48.0 Å². The van der Waals surface area contributed by atoms with E-state index in [2.05, 4.69) is 21.7 Å². The quantitative estimate of drug-likeness (QED) is 0.451. The molecule has 0 N–H and O–H groups in total. The zero-order valence-electron chi connectivity index (χ0n) is 15.8. The molecule has 0 unspecified atom stereocenters. The van der Waals surface area contributed by atoms with Crippen molar-refractivity contribution in [1.29, 1.82) is 0 Å². The molecular weight excluding hydrogens is 358 g/mol. The first-order chi connectivity index (χ1) is 12.9. The molecule has 0 aliphatic rings. The Kier molecular flexibility index (Phi) is 4.23. The summed E-state index contributed by atoms with van der Waals surface area (Å²) < 4.78 is 16.3.